The molecule has 5 aromatic rings. The van der Waals surface area contributed by atoms with Crippen LogP contribution in [0.3, 0.4) is 0 Å². The van der Waals surface area contributed by atoms with Crippen LogP contribution in [0.15, 0.2) is 115 Å². The van der Waals surface area contributed by atoms with Gasteiger partial charge in [0, 0.05) is 32.7 Å². The zero-order valence-electron chi connectivity index (χ0n) is 24.1. The monoisotopic (exact) mass is 594 g/mol. The second-order valence-corrected chi connectivity index (χ2v) is 11.0. The molecule has 0 bridgehead atoms. The lowest BCUT2D eigenvalue weighted by Gasteiger charge is -2.36. The average molecular weight is 595 g/mol. The van der Waals surface area contributed by atoms with Crippen LogP contribution in [0.2, 0.25) is 0 Å². The number of rotatable bonds is 8. The molecule has 1 atom stereocenters. The molecule has 0 aromatic heterocycles. The number of benzene rings is 5. The molecule has 0 saturated carbocycles. The summed E-state index contributed by atoms with van der Waals surface area (Å²) in [6, 6.07) is 35.1. The number of hydrogen-bond acceptors (Lipinski definition) is 4. The van der Waals surface area contributed by atoms with Gasteiger partial charge in [0.1, 0.15) is 6.04 Å². The second kappa shape index (κ2) is 12.8. The Balaban J connectivity index is 1.24. The van der Waals surface area contributed by atoms with E-state index in [1.165, 1.54) is 17.5 Å². The quantitative estimate of drug-likeness (QED) is 0.177. The smallest absolute Gasteiger partial charge is 0.379 e. The third-order valence-electron chi connectivity index (χ3n) is 7.98. The van der Waals surface area contributed by atoms with Gasteiger partial charge in [-0.3, -0.25) is 4.79 Å². The fraction of sp³-hybridized carbons (Fsp3) is 0.194. The van der Waals surface area contributed by atoms with Crippen LogP contribution < -0.4 is 20.9 Å². The molecule has 1 heterocycles. The summed E-state index contributed by atoms with van der Waals surface area (Å²) < 4.78 is 39.5. The maximum atomic E-state index is 13.2. The third kappa shape index (κ3) is 6.87. The van der Waals surface area contributed by atoms with Gasteiger partial charge in [-0.15, -0.1) is 0 Å². The van der Waals surface area contributed by atoms with E-state index in [0.29, 0.717) is 38.3 Å². The van der Waals surface area contributed by atoms with Gasteiger partial charge in [0.25, 0.3) is 0 Å². The predicted molar refractivity (Wildman–Crippen MR) is 170 cm³/mol. The van der Waals surface area contributed by atoms with Crippen LogP contribution in [0.4, 0.5) is 24.5 Å². The summed E-state index contributed by atoms with van der Waals surface area (Å²) in [5.41, 5.74) is 4.74. The number of carbonyl (C=O) groups is 1. The fourth-order valence-electron chi connectivity index (χ4n) is 5.58. The molecule has 44 heavy (non-hydrogen) atoms. The van der Waals surface area contributed by atoms with Crippen molar-refractivity contribution in [3.63, 3.8) is 0 Å². The van der Waals surface area contributed by atoms with Gasteiger partial charge in [-0.05, 0) is 63.4 Å². The van der Waals surface area contributed by atoms with E-state index in [9.17, 15) is 18.0 Å². The molecule has 5 nitrogen and oxygen atoms in total. The van der Waals surface area contributed by atoms with Gasteiger partial charge in [0.2, 0.25) is 5.91 Å². The Morgan fingerprint density at radius 2 is 1.50 bits per heavy atom. The number of fused-ring (bicyclic) bond motifs is 1. The van der Waals surface area contributed by atoms with E-state index in [4.69, 9.17) is 0 Å². The van der Waals surface area contributed by atoms with Gasteiger partial charge in [0.05, 0.1) is 16.9 Å². The lowest BCUT2D eigenvalue weighted by molar-refractivity contribution is -0.137. The SMILES string of the molecule is O=C(NCc1ccccc1)C1CN(c2ccc(-c3ccc(C(F)(F)F)cc3)cc2NCc2ccc3ccccc3c2)CCN1. The number of hydrogen-bond donors (Lipinski definition) is 3. The van der Waals surface area contributed by atoms with E-state index in [-0.39, 0.29) is 5.91 Å². The molecule has 1 saturated heterocycles. The summed E-state index contributed by atoms with van der Waals surface area (Å²) in [6.45, 7) is 2.82. The standard InChI is InChI=1S/C36H33F3N4O/c37-36(38,39)31-15-12-28(13-16-31)30-14-17-34(32(21-30)41-23-26-10-11-27-8-4-5-9-29(27)20-26)43-19-18-40-33(24-43)35(44)42-22-25-6-2-1-3-7-25/h1-17,20-21,33,40-41H,18-19,22-24H2,(H,42,44). The molecule has 1 aliphatic heterocycles. The highest BCUT2D eigenvalue weighted by molar-refractivity contribution is 5.85. The Morgan fingerprint density at radius 3 is 2.27 bits per heavy atom. The van der Waals surface area contributed by atoms with Crippen molar-refractivity contribution in [3.8, 4) is 11.1 Å². The molecule has 1 fully saturated rings. The van der Waals surface area contributed by atoms with Gasteiger partial charge in [-0.2, -0.15) is 13.2 Å². The molecule has 8 heteroatoms. The molecule has 224 valence electrons. The lowest BCUT2D eigenvalue weighted by Crippen LogP contribution is -2.57. The molecule has 1 aliphatic rings. The van der Waals surface area contributed by atoms with Gasteiger partial charge < -0.3 is 20.9 Å². The van der Waals surface area contributed by atoms with E-state index >= 15 is 0 Å². The van der Waals surface area contributed by atoms with Crippen LogP contribution >= 0.6 is 0 Å². The summed E-state index contributed by atoms with van der Waals surface area (Å²) in [5, 5.41) is 12.3. The number of nitrogens with one attached hydrogen (secondary N) is 3. The van der Waals surface area contributed by atoms with Crippen LogP contribution in [0, 0.1) is 0 Å². The minimum absolute atomic E-state index is 0.0643. The third-order valence-corrected chi connectivity index (χ3v) is 7.98. The highest BCUT2D eigenvalue weighted by Crippen LogP contribution is 2.35. The lowest BCUT2D eigenvalue weighted by atomic mass is 10.0. The summed E-state index contributed by atoms with van der Waals surface area (Å²) in [6.07, 6.45) is -4.39. The van der Waals surface area contributed by atoms with Crippen molar-refractivity contribution in [1.29, 1.82) is 0 Å². The molecule has 0 spiro atoms. The molecule has 1 amide bonds. The predicted octanol–water partition coefficient (Wildman–Crippen LogP) is 7.23. The van der Waals surface area contributed by atoms with Crippen LogP contribution in [-0.4, -0.2) is 31.6 Å². The number of alkyl halides is 3. The minimum atomic E-state index is -4.39. The van der Waals surface area contributed by atoms with Crippen molar-refractivity contribution in [1.82, 2.24) is 10.6 Å². The molecule has 0 radical (unpaired) electrons. The largest absolute Gasteiger partial charge is 0.416 e. The number of piperazine rings is 1. The van der Waals surface area contributed by atoms with Gasteiger partial charge in [0.15, 0.2) is 0 Å². The van der Waals surface area contributed by atoms with Crippen LogP contribution in [0.25, 0.3) is 21.9 Å². The van der Waals surface area contributed by atoms with Crippen molar-refractivity contribution in [2.45, 2.75) is 25.3 Å². The van der Waals surface area contributed by atoms with E-state index < -0.39 is 17.8 Å². The summed E-state index contributed by atoms with van der Waals surface area (Å²) in [7, 11) is 0. The minimum Gasteiger partial charge on any atom is -0.379 e. The van der Waals surface area contributed by atoms with Crippen molar-refractivity contribution in [2.24, 2.45) is 0 Å². The van der Waals surface area contributed by atoms with Crippen molar-refractivity contribution in [3.05, 3.63) is 132 Å². The van der Waals surface area contributed by atoms with Crippen molar-refractivity contribution < 1.29 is 18.0 Å². The van der Waals surface area contributed by atoms with Gasteiger partial charge in [-0.1, -0.05) is 84.9 Å². The van der Waals surface area contributed by atoms with E-state index in [2.05, 4.69) is 51.2 Å². The van der Waals surface area contributed by atoms with Gasteiger partial charge in [-0.25, -0.2) is 0 Å². The fourth-order valence-corrected chi connectivity index (χ4v) is 5.58. The Morgan fingerprint density at radius 1 is 0.773 bits per heavy atom. The second-order valence-electron chi connectivity index (χ2n) is 11.0. The Kier molecular flexibility index (Phi) is 8.52. The van der Waals surface area contributed by atoms with E-state index in [1.807, 2.05) is 60.7 Å². The van der Waals surface area contributed by atoms with Crippen molar-refractivity contribution >= 4 is 28.1 Å². The maximum Gasteiger partial charge on any atom is 0.416 e. The number of nitrogens with zero attached hydrogens (tertiary/aromatic N) is 1. The number of anilines is 2. The van der Waals surface area contributed by atoms with Crippen LogP contribution in [0.5, 0.6) is 0 Å². The first-order valence-corrected chi connectivity index (χ1v) is 14.7. The molecule has 6 rings (SSSR count). The number of amides is 1. The first kappa shape index (κ1) is 29.3. The Bertz CT molecular complexity index is 1740. The highest BCUT2D eigenvalue weighted by atomic mass is 19.4. The molecule has 5 aromatic carbocycles. The summed E-state index contributed by atoms with van der Waals surface area (Å²) in [4.78, 5) is 15.3. The number of carbonyl (C=O) groups excluding carboxylic acids is 1. The normalized spacial score (nSPS) is 15.2. The van der Waals surface area contributed by atoms with E-state index in [1.54, 1.807) is 0 Å². The molecular formula is C36H33F3N4O. The number of halogens is 3. The highest BCUT2D eigenvalue weighted by Gasteiger charge is 2.30. The maximum absolute atomic E-state index is 13.2. The van der Waals surface area contributed by atoms with Crippen LogP contribution in [0.1, 0.15) is 16.7 Å². The van der Waals surface area contributed by atoms with Gasteiger partial charge >= 0.3 is 6.18 Å². The molecule has 1 unspecified atom stereocenters. The zero-order valence-corrected chi connectivity index (χ0v) is 24.1. The average Bonchev–Trinajstić information content (AvgIpc) is 3.06. The molecule has 3 N–H and O–H groups in total. The van der Waals surface area contributed by atoms with Crippen molar-refractivity contribution in [2.75, 3.05) is 29.9 Å². The Hall–Kier alpha value is -4.82. The van der Waals surface area contributed by atoms with E-state index in [0.717, 1.165) is 45.6 Å². The first-order chi connectivity index (χ1) is 21.3. The van der Waals surface area contributed by atoms with Crippen LogP contribution in [-0.2, 0) is 24.1 Å². The summed E-state index contributed by atoms with van der Waals surface area (Å²) in [5.74, 6) is -0.0643. The zero-order chi connectivity index (χ0) is 30.5. The molecule has 0 aliphatic carbocycles. The topological polar surface area (TPSA) is 56.4 Å². The first-order valence-electron chi connectivity index (χ1n) is 14.7. The summed E-state index contributed by atoms with van der Waals surface area (Å²) >= 11 is 0. The Labute approximate surface area is 254 Å². The molecular weight excluding hydrogens is 561 g/mol.